The van der Waals surface area contributed by atoms with Gasteiger partial charge in [-0.1, -0.05) is 38.2 Å². The van der Waals surface area contributed by atoms with Gasteiger partial charge in [-0.15, -0.1) is 0 Å². The van der Waals surface area contributed by atoms with Gasteiger partial charge in [-0.2, -0.15) is 0 Å². The summed E-state index contributed by atoms with van der Waals surface area (Å²) < 4.78 is 0. The highest BCUT2D eigenvalue weighted by Gasteiger charge is 2.52. The molecule has 0 saturated heterocycles. The lowest BCUT2D eigenvalue weighted by molar-refractivity contribution is -0.126. The Hall–Kier alpha value is -0.850. The Balaban J connectivity index is 1.98. The molecule has 0 radical (unpaired) electrons. The van der Waals surface area contributed by atoms with Gasteiger partial charge in [-0.05, 0) is 36.5 Å². The largest absolute Gasteiger partial charge is 0.299 e. The highest BCUT2D eigenvalue weighted by atomic mass is 16.1. The molecule has 0 aromatic rings. The van der Waals surface area contributed by atoms with Crippen molar-refractivity contribution < 1.29 is 4.79 Å². The fraction of sp³-hybridized carbons (Fsp3) is 0.667. The molecule has 0 spiro atoms. The molecular formula is C15H20O. The highest BCUT2D eigenvalue weighted by Crippen LogP contribution is 2.52. The van der Waals surface area contributed by atoms with Gasteiger partial charge >= 0.3 is 0 Å². The summed E-state index contributed by atoms with van der Waals surface area (Å²) in [5.74, 6) is 3.39. The van der Waals surface area contributed by atoms with Crippen LogP contribution in [0.1, 0.15) is 26.7 Å². The van der Waals surface area contributed by atoms with E-state index < -0.39 is 0 Å². The molecule has 3 aliphatic carbocycles. The summed E-state index contributed by atoms with van der Waals surface area (Å²) in [6.45, 7) is 4.42. The fourth-order valence-corrected chi connectivity index (χ4v) is 4.26. The van der Waals surface area contributed by atoms with Gasteiger partial charge in [-0.3, -0.25) is 4.79 Å². The minimum absolute atomic E-state index is 0.322. The summed E-state index contributed by atoms with van der Waals surface area (Å²) in [5, 5.41) is 0. The third kappa shape index (κ3) is 1.27. The summed E-state index contributed by atoms with van der Waals surface area (Å²) in [7, 11) is 0. The maximum Gasteiger partial charge on any atom is 0.140 e. The molecule has 0 heterocycles. The summed E-state index contributed by atoms with van der Waals surface area (Å²) in [6.07, 6.45) is 11.3. The van der Waals surface area contributed by atoms with Crippen LogP contribution in [-0.2, 0) is 4.79 Å². The number of allylic oxidation sites excluding steroid dienone is 4. The molecular weight excluding hydrogens is 196 g/mol. The Morgan fingerprint density at radius 3 is 1.81 bits per heavy atom. The second kappa shape index (κ2) is 3.58. The van der Waals surface area contributed by atoms with Crippen molar-refractivity contribution in [3.8, 4) is 0 Å². The van der Waals surface area contributed by atoms with Crippen molar-refractivity contribution in [2.24, 2.45) is 35.5 Å². The van der Waals surface area contributed by atoms with E-state index in [-0.39, 0.29) is 0 Å². The van der Waals surface area contributed by atoms with E-state index in [0.717, 1.165) is 12.8 Å². The molecule has 1 fully saturated rings. The van der Waals surface area contributed by atoms with Crippen LogP contribution in [0.25, 0.3) is 0 Å². The Morgan fingerprint density at radius 1 is 0.938 bits per heavy atom. The van der Waals surface area contributed by atoms with E-state index in [4.69, 9.17) is 0 Å². The molecule has 0 aromatic heterocycles. The predicted molar refractivity (Wildman–Crippen MR) is 64.8 cm³/mol. The highest BCUT2D eigenvalue weighted by molar-refractivity contribution is 5.87. The van der Waals surface area contributed by atoms with E-state index in [2.05, 4.69) is 38.2 Å². The summed E-state index contributed by atoms with van der Waals surface area (Å²) in [6, 6.07) is 0. The zero-order chi connectivity index (χ0) is 11.3. The van der Waals surface area contributed by atoms with Crippen molar-refractivity contribution in [2.75, 3.05) is 0 Å². The van der Waals surface area contributed by atoms with Crippen LogP contribution in [0.2, 0.25) is 0 Å². The smallest absolute Gasteiger partial charge is 0.140 e. The molecule has 1 nitrogen and oxygen atoms in total. The number of ketones is 1. The first-order valence-corrected chi connectivity index (χ1v) is 6.57. The first-order chi connectivity index (χ1) is 7.70. The molecule has 86 valence electrons. The first-order valence-electron chi connectivity index (χ1n) is 6.57. The lowest BCUT2D eigenvalue weighted by Crippen LogP contribution is -2.26. The standard InChI is InChI=1S/C15H20O/c1-9-5-3-7-11-12-8-4-6-10(2)14(12)15(16)13(9)11/h3-6,9-14H,7-8H2,1-2H3/t9-,10-,11-,12-,13-,14-/m0/s1. The van der Waals surface area contributed by atoms with Gasteiger partial charge in [0, 0.05) is 11.8 Å². The Morgan fingerprint density at radius 2 is 1.38 bits per heavy atom. The Bertz CT molecular complexity index is 332. The number of rotatable bonds is 0. The first kappa shape index (κ1) is 10.3. The van der Waals surface area contributed by atoms with Crippen molar-refractivity contribution in [1.82, 2.24) is 0 Å². The molecule has 1 saturated carbocycles. The molecule has 16 heavy (non-hydrogen) atoms. The maximum atomic E-state index is 12.5. The van der Waals surface area contributed by atoms with E-state index in [1.54, 1.807) is 0 Å². The molecule has 1 heteroatoms. The zero-order valence-corrected chi connectivity index (χ0v) is 10.1. The molecule has 0 aliphatic heterocycles. The Labute approximate surface area is 97.6 Å². The predicted octanol–water partition coefficient (Wildman–Crippen LogP) is 3.23. The molecule has 0 unspecified atom stereocenters. The summed E-state index contributed by atoms with van der Waals surface area (Å²) in [5.41, 5.74) is 0. The van der Waals surface area contributed by atoms with E-state index in [1.165, 1.54) is 0 Å². The third-order valence-electron chi connectivity index (χ3n) is 4.96. The maximum absolute atomic E-state index is 12.5. The molecule has 0 amide bonds. The fourth-order valence-electron chi connectivity index (χ4n) is 4.26. The number of carbonyl (C=O) groups is 1. The van der Waals surface area contributed by atoms with Gasteiger partial charge < -0.3 is 0 Å². The van der Waals surface area contributed by atoms with Crippen molar-refractivity contribution >= 4 is 5.78 Å². The van der Waals surface area contributed by atoms with Crippen LogP contribution < -0.4 is 0 Å². The summed E-state index contributed by atoms with van der Waals surface area (Å²) >= 11 is 0. The average molecular weight is 216 g/mol. The third-order valence-corrected chi connectivity index (χ3v) is 4.96. The van der Waals surface area contributed by atoms with Crippen molar-refractivity contribution in [1.29, 1.82) is 0 Å². The van der Waals surface area contributed by atoms with Crippen LogP contribution in [0, 0.1) is 35.5 Å². The quantitative estimate of drug-likeness (QED) is 0.568. The van der Waals surface area contributed by atoms with E-state index in [1.807, 2.05) is 0 Å². The van der Waals surface area contributed by atoms with Crippen LogP contribution >= 0.6 is 0 Å². The number of hydrogen-bond donors (Lipinski definition) is 0. The average Bonchev–Trinajstić information content (AvgIpc) is 2.56. The second-order valence-electron chi connectivity index (χ2n) is 5.83. The van der Waals surface area contributed by atoms with Gasteiger partial charge in [0.1, 0.15) is 5.78 Å². The zero-order valence-electron chi connectivity index (χ0n) is 10.1. The number of fused-ring (bicyclic) bond motifs is 3. The van der Waals surface area contributed by atoms with Gasteiger partial charge in [0.25, 0.3) is 0 Å². The minimum Gasteiger partial charge on any atom is -0.299 e. The second-order valence-corrected chi connectivity index (χ2v) is 5.83. The lowest BCUT2D eigenvalue weighted by atomic mass is 9.73. The van der Waals surface area contributed by atoms with Gasteiger partial charge in [0.05, 0.1) is 0 Å². The van der Waals surface area contributed by atoms with Crippen LogP contribution in [0.15, 0.2) is 24.3 Å². The van der Waals surface area contributed by atoms with Gasteiger partial charge in [-0.25, -0.2) is 0 Å². The molecule has 0 aromatic carbocycles. The monoisotopic (exact) mass is 216 g/mol. The topological polar surface area (TPSA) is 17.1 Å². The lowest BCUT2D eigenvalue weighted by Gasteiger charge is -2.31. The van der Waals surface area contributed by atoms with Crippen LogP contribution in [0.5, 0.6) is 0 Å². The van der Waals surface area contributed by atoms with Crippen LogP contribution in [0.3, 0.4) is 0 Å². The van der Waals surface area contributed by atoms with E-state index in [9.17, 15) is 4.79 Å². The SMILES string of the molecule is C[C@H]1C=CC[C@H]2[C@@H]3CC=C[C@H](C)[C@@H]3C(=O)[C@H]21. The number of Topliss-reactive ketones (excluding diaryl/α,β-unsaturated/α-hetero) is 1. The summed E-state index contributed by atoms with van der Waals surface area (Å²) in [4.78, 5) is 12.5. The van der Waals surface area contributed by atoms with E-state index >= 15 is 0 Å². The van der Waals surface area contributed by atoms with Crippen LogP contribution in [0.4, 0.5) is 0 Å². The van der Waals surface area contributed by atoms with E-state index in [0.29, 0.717) is 41.3 Å². The molecule has 6 atom stereocenters. The Kier molecular flexibility index (Phi) is 2.31. The molecule has 3 rings (SSSR count). The number of hydrogen-bond acceptors (Lipinski definition) is 1. The molecule has 0 bridgehead atoms. The van der Waals surface area contributed by atoms with Gasteiger partial charge in [0.15, 0.2) is 0 Å². The minimum atomic E-state index is 0.322. The van der Waals surface area contributed by atoms with Crippen LogP contribution in [-0.4, -0.2) is 5.78 Å². The van der Waals surface area contributed by atoms with Crippen molar-refractivity contribution in [3.63, 3.8) is 0 Å². The number of carbonyl (C=O) groups excluding carboxylic acids is 1. The van der Waals surface area contributed by atoms with Crippen molar-refractivity contribution in [3.05, 3.63) is 24.3 Å². The van der Waals surface area contributed by atoms with Gasteiger partial charge in [0.2, 0.25) is 0 Å². The molecule has 3 aliphatic rings. The normalized spacial score (nSPS) is 50.2. The molecule has 0 N–H and O–H groups in total. The van der Waals surface area contributed by atoms with Crippen molar-refractivity contribution in [2.45, 2.75) is 26.7 Å².